The molecule has 1 unspecified atom stereocenters. The number of aromatic nitrogens is 1. The van der Waals surface area contributed by atoms with Crippen molar-refractivity contribution >= 4 is 33.2 Å². The first-order valence-electron chi connectivity index (χ1n) is 11.0. The van der Waals surface area contributed by atoms with Crippen molar-refractivity contribution in [2.75, 3.05) is 11.4 Å². The van der Waals surface area contributed by atoms with Gasteiger partial charge in [-0.05, 0) is 76.6 Å². The highest BCUT2D eigenvalue weighted by atomic mass is 32.2. The lowest BCUT2D eigenvalue weighted by molar-refractivity contribution is 0.0317. The number of Topliss-reactive ketones (excluding diaryl/α,β-unsaturated/α-hetero) is 2. The number of hydrogen-bond acceptors (Lipinski definition) is 6. The van der Waals surface area contributed by atoms with Crippen molar-refractivity contribution in [1.82, 2.24) is 4.98 Å². The van der Waals surface area contributed by atoms with Gasteiger partial charge in [-0.2, -0.15) is 0 Å². The van der Waals surface area contributed by atoms with Gasteiger partial charge < -0.3 is 9.72 Å². The molecular weight excluding hydrogens is 468 g/mol. The van der Waals surface area contributed by atoms with Gasteiger partial charge in [-0.15, -0.1) is 0 Å². The van der Waals surface area contributed by atoms with Crippen LogP contribution in [0.4, 0.5) is 5.69 Å². The zero-order chi connectivity index (χ0) is 26.1. The van der Waals surface area contributed by atoms with Gasteiger partial charge >= 0.3 is 5.97 Å². The Balaban J connectivity index is 1.73. The van der Waals surface area contributed by atoms with Crippen LogP contribution in [-0.2, 0) is 14.8 Å². The minimum Gasteiger partial charge on any atom is -0.451 e. The lowest BCUT2D eigenvalue weighted by Crippen LogP contribution is -2.27. The molecule has 9 heteroatoms. The minimum atomic E-state index is -3.77. The molecule has 0 bridgehead atoms. The number of ketones is 2. The number of rotatable bonds is 8. The maximum atomic E-state index is 12.9. The Morgan fingerprint density at radius 3 is 2.03 bits per heavy atom. The predicted molar refractivity (Wildman–Crippen MR) is 133 cm³/mol. The number of ether oxygens (including phenoxy) is 1. The van der Waals surface area contributed by atoms with Crippen LogP contribution >= 0.6 is 0 Å². The molecule has 0 aliphatic rings. The summed E-state index contributed by atoms with van der Waals surface area (Å²) >= 11 is 0. The number of H-pyrrole nitrogens is 1. The summed E-state index contributed by atoms with van der Waals surface area (Å²) in [6.07, 6.45) is -1.09. The maximum absolute atomic E-state index is 12.9. The van der Waals surface area contributed by atoms with Crippen molar-refractivity contribution in [2.24, 2.45) is 0 Å². The van der Waals surface area contributed by atoms with E-state index in [1.807, 2.05) is 6.92 Å². The predicted octanol–water partition coefficient (Wildman–Crippen LogP) is 4.40. The molecule has 1 atom stereocenters. The fourth-order valence-corrected chi connectivity index (χ4v) is 5.02. The molecule has 2 aromatic carbocycles. The zero-order valence-corrected chi connectivity index (χ0v) is 21.3. The van der Waals surface area contributed by atoms with E-state index in [9.17, 15) is 22.8 Å². The van der Waals surface area contributed by atoms with E-state index in [2.05, 4.69) is 4.98 Å². The van der Waals surface area contributed by atoms with Crippen molar-refractivity contribution in [1.29, 1.82) is 0 Å². The van der Waals surface area contributed by atoms with Gasteiger partial charge in [0.1, 0.15) is 0 Å². The Labute approximate surface area is 205 Å². The second-order valence-corrected chi connectivity index (χ2v) is 10.4. The first-order chi connectivity index (χ1) is 16.3. The van der Waals surface area contributed by atoms with E-state index in [0.717, 1.165) is 9.87 Å². The SMILES string of the molecule is CC(=O)c1c(C)[nH]c(C(=O)C(C)OC(=O)c2ccc(N(C)S(=O)(=O)c3ccc(C)cc3)cc2)c1C. The summed E-state index contributed by atoms with van der Waals surface area (Å²) in [6, 6.07) is 12.4. The molecule has 8 nitrogen and oxygen atoms in total. The molecule has 1 aromatic heterocycles. The average molecular weight is 497 g/mol. The summed E-state index contributed by atoms with van der Waals surface area (Å²) in [7, 11) is -2.34. The van der Waals surface area contributed by atoms with Gasteiger partial charge in [0.25, 0.3) is 10.0 Å². The largest absolute Gasteiger partial charge is 0.451 e. The number of esters is 1. The number of nitrogens with zero attached hydrogens (tertiary/aromatic N) is 1. The quantitative estimate of drug-likeness (QED) is 0.365. The molecule has 0 aliphatic carbocycles. The summed E-state index contributed by atoms with van der Waals surface area (Å²) in [5, 5.41) is 0. The third kappa shape index (κ3) is 5.19. The Bertz CT molecular complexity index is 1390. The Hall–Kier alpha value is -3.72. The van der Waals surface area contributed by atoms with E-state index in [-0.39, 0.29) is 21.9 Å². The van der Waals surface area contributed by atoms with E-state index < -0.39 is 27.9 Å². The summed E-state index contributed by atoms with van der Waals surface area (Å²) in [5.74, 6) is -1.34. The van der Waals surface area contributed by atoms with Gasteiger partial charge in [-0.25, -0.2) is 13.2 Å². The second kappa shape index (κ2) is 9.87. The normalized spacial score (nSPS) is 12.2. The van der Waals surface area contributed by atoms with Gasteiger partial charge in [0.15, 0.2) is 11.9 Å². The number of sulfonamides is 1. The monoisotopic (exact) mass is 496 g/mol. The smallest absolute Gasteiger partial charge is 0.338 e. The lowest BCUT2D eigenvalue weighted by atomic mass is 10.0. The van der Waals surface area contributed by atoms with E-state index >= 15 is 0 Å². The standard InChI is InChI=1S/C26H28N2O6S/c1-15-7-13-22(14-8-15)35(32,33)28(6)21-11-9-20(10-12-21)26(31)34-19(5)25(30)24-16(2)23(18(4)29)17(3)27-24/h7-14,19,27H,1-6H3. The van der Waals surface area contributed by atoms with Gasteiger partial charge in [0.05, 0.1) is 21.8 Å². The van der Waals surface area contributed by atoms with Crippen LogP contribution in [-0.4, -0.2) is 44.1 Å². The van der Waals surface area contributed by atoms with Crippen LogP contribution in [0.15, 0.2) is 53.4 Å². The average Bonchev–Trinajstić information content (AvgIpc) is 3.12. The van der Waals surface area contributed by atoms with Crippen molar-refractivity contribution < 1.29 is 27.5 Å². The molecule has 1 heterocycles. The highest BCUT2D eigenvalue weighted by Crippen LogP contribution is 2.24. The molecule has 0 amide bonds. The zero-order valence-electron chi connectivity index (χ0n) is 20.5. The number of aromatic amines is 1. The lowest BCUT2D eigenvalue weighted by Gasteiger charge is -2.20. The maximum Gasteiger partial charge on any atom is 0.338 e. The molecule has 0 aliphatic heterocycles. The van der Waals surface area contributed by atoms with Gasteiger partial charge in [0.2, 0.25) is 5.78 Å². The molecule has 0 fully saturated rings. The van der Waals surface area contributed by atoms with E-state index in [1.54, 1.807) is 26.0 Å². The molecule has 1 N–H and O–H groups in total. The van der Waals surface area contributed by atoms with Crippen molar-refractivity contribution in [3.8, 4) is 0 Å². The van der Waals surface area contributed by atoms with E-state index in [0.29, 0.717) is 22.5 Å². The second-order valence-electron chi connectivity index (χ2n) is 8.43. The Morgan fingerprint density at radius 2 is 1.51 bits per heavy atom. The molecule has 0 radical (unpaired) electrons. The van der Waals surface area contributed by atoms with Crippen LogP contribution in [0.25, 0.3) is 0 Å². The number of carbonyl (C=O) groups is 3. The van der Waals surface area contributed by atoms with Crippen LogP contribution in [0.1, 0.15) is 61.9 Å². The molecule has 3 rings (SSSR count). The molecule has 184 valence electrons. The number of anilines is 1. The van der Waals surface area contributed by atoms with E-state index in [1.165, 1.54) is 57.3 Å². The molecule has 3 aromatic rings. The number of carbonyl (C=O) groups excluding carboxylic acids is 3. The van der Waals surface area contributed by atoms with Crippen molar-refractivity contribution in [3.63, 3.8) is 0 Å². The Morgan fingerprint density at radius 1 is 0.943 bits per heavy atom. The van der Waals surface area contributed by atoms with Gasteiger partial charge in [0, 0.05) is 18.3 Å². The first-order valence-corrected chi connectivity index (χ1v) is 12.4. The summed E-state index contributed by atoms with van der Waals surface area (Å²) in [5.41, 5.74) is 3.25. The Kier molecular flexibility index (Phi) is 7.30. The van der Waals surface area contributed by atoms with Crippen LogP contribution in [0.5, 0.6) is 0 Å². The first kappa shape index (κ1) is 25.9. The molecule has 0 saturated heterocycles. The molecule has 35 heavy (non-hydrogen) atoms. The number of nitrogens with one attached hydrogen (secondary N) is 1. The highest BCUT2D eigenvalue weighted by Gasteiger charge is 2.27. The topological polar surface area (TPSA) is 114 Å². The third-order valence-corrected chi connectivity index (χ3v) is 7.63. The summed E-state index contributed by atoms with van der Waals surface area (Å²) in [4.78, 5) is 40.4. The van der Waals surface area contributed by atoms with Crippen molar-refractivity contribution in [2.45, 2.75) is 45.6 Å². The molecule has 0 spiro atoms. The number of aryl methyl sites for hydroxylation is 2. The third-order valence-electron chi connectivity index (χ3n) is 5.83. The van der Waals surface area contributed by atoms with Crippen molar-refractivity contribution in [3.05, 3.63) is 82.2 Å². The van der Waals surface area contributed by atoms with E-state index in [4.69, 9.17) is 4.74 Å². The fraction of sp³-hybridized carbons (Fsp3) is 0.269. The highest BCUT2D eigenvalue weighted by molar-refractivity contribution is 7.92. The van der Waals surface area contributed by atoms with Crippen LogP contribution in [0, 0.1) is 20.8 Å². The van der Waals surface area contributed by atoms with Crippen LogP contribution in [0.2, 0.25) is 0 Å². The number of benzene rings is 2. The van der Waals surface area contributed by atoms with Crippen LogP contribution in [0.3, 0.4) is 0 Å². The number of hydrogen-bond donors (Lipinski definition) is 1. The summed E-state index contributed by atoms with van der Waals surface area (Å²) < 4.78 is 32.2. The summed E-state index contributed by atoms with van der Waals surface area (Å²) in [6.45, 7) is 8.13. The fourth-order valence-electron chi connectivity index (χ4n) is 3.82. The van der Waals surface area contributed by atoms with Gasteiger partial charge in [-0.1, -0.05) is 17.7 Å². The molecular formula is C26H28N2O6S. The van der Waals surface area contributed by atoms with Gasteiger partial charge in [-0.3, -0.25) is 13.9 Å². The minimum absolute atomic E-state index is 0.157. The molecule has 0 saturated carbocycles. The van der Waals surface area contributed by atoms with Crippen LogP contribution < -0.4 is 4.31 Å².